The van der Waals surface area contributed by atoms with E-state index in [4.69, 9.17) is 4.74 Å². The van der Waals surface area contributed by atoms with Crippen LogP contribution in [0.3, 0.4) is 0 Å². The second kappa shape index (κ2) is 6.54. The molecule has 0 aliphatic heterocycles. The summed E-state index contributed by atoms with van der Waals surface area (Å²) >= 11 is 0. The summed E-state index contributed by atoms with van der Waals surface area (Å²) in [4.78, 5) is 17.1. The first-order valence-corrected chi connectivity index (χ1v) is 8.01. The van der Waals surface area contributed by atoms with Gasteiger partial charge >= 0.3 is 0 Å². The Labute approximate surface area is 135 Å². The molecule has 1 saturated carbocycles. The summed E-state index contributed by atoms with van der Waals surface area (Å²) in [5, 5.41) is 13.5. The van der Waals surface area contributed by atoms with Gasteiger partial charge in [0.15, 0.2) is 0 Å². The van der Waals surface area contributed by atoms with Gasteiger partial charge in [0, 0.05) is 17.5 Å². The molecule has 1 amide bonds. The van der Waals surface area contributed by atoms with Crippen LogP contribution in [0.4, 0.5) is 0 Å². The average molecular weight is 314 g/mol. The van der Waals surface area contributed by atoms with Gasteiger partial charge in [-0.1, -0.05) is 0 Å². The van der Waals surface area contributed by atoms with Crippen molar-refractivity contribution in [1.82, 2.24) is 10.3 Å². The van der Waals surface area contributed by atoms with Gasteiger partial charge in [0.05, 0.1) is 30.0 Å². The number of pyridine rings is 1. The van der Waals surface area contributed by atoms with Gasteiger partial charge in [0.25, 0.3) is 5.91 Å². The molecule has 0 bridgehead atoms. The fourth-order valence-corrected chi connectivity index (χ4v) is 3.08. The Morgan fingerprint density at radius 3 is 2.70 bits per heavy atom. The van der Waals surface area contributed by atoms with Crippen molar-refractivity contribution in [3.8, 4) is 5.75 Å². The second-order valence-corrected chi connectivity index (χ2v) is 6.16. The summed E-state index contributed by atoms with van der Waals surface area (Å²) in [5.41, 5.74) is 2.13. The first-order chi connectivity index (χ1) is 11.1. The molecule has 5 heteroatoms. The highest BCUT2D eigenvalue weighted by atomic mass is 16.5. The number of carbonyl (C=O) groups excluding carboxylic acids is 1. The summed E-state index contributed by atoms with van der Waals surface area (Å²) in [7, 11) is 1.62. The van der Waals surface area contributed by atoms with Crippen LogP contribution in [0.1, 0.15) is 41.7 Å². The minimum atomic E-state index is -0.220. The number of nitrogens with zero attached hydrogens (tertiary/aromatic N) is 1. The summed E-state index contributed by atoms with van der Waals surface area (Å²) in [6, 6.07) is 7.66. The Kier molecular flexibility index (Phi) is 4.48. The van der Waals surface area contributed by atoms with Gasteiger partial charge in [-0.3, -0.25) is 9.78 Å². The number of nitrogens with one attached hydrogen (secondary N) is 1. The number of hydrogen-bond donors (Lipinski definition) is 2. The lowest BCUT2D eigenvalue weighted by Crippen LogP contribution is -2.38. The van der Waals surface area contributed by atoms with Crippen LogP contribution in [0, 0.1) is 6.92 Å². The predicted molar refractivity (Wildman–Crippen MR) is 88.8 cm³/mol. The highest BCUT2D eigenvalue weighted by Gasteiger charge is 2.22. The maximum atomic E-state index is 12.5. The van der Waals surface area contributed by atoms with E-state index in [1.807, 2.05) is 31.2 Å². The molecule has 1 aromatic heterocycles. The van der Waals surface area contributed by atoms with Crippen LogP contribution < -0.4 is 10.1 Å². The number of amides is 1. The lowest BCUT2D eigenvalue weighted by atomic mass is 9.93. The maximum Gasteiger partial charge on any atom is 0.253 e. The molecule has 1 heterocycles. The molecule has 1 fully saturated rings. The first-order valence-electron chi connectivity index (χ1n) is 8.01. The summed E-state index contributed by atoms with van der Waals surface area (Å²) in [6.07, 6.45) is 2.93. The van der Waals surface area contributed by atoms with E-state index < -0.39 is 0 Å². The Hall–Kier alpha value is -2.14. The van der Waals surface area contributed by atoms with Crippen LogP contribution in [0.15, 0.2) is 24.3 Å². The van der Waals surface area contributed by atoms with Gasteiger partial charge in [-0.15, -0.1) is 0 Å². The average Bonchev–Trinajstić information content (AvgIpc) is 2.55. The summed E-state index contributed by atoms with van der Waals surface area (Å²) in [6.45, 7) is 1.85. The van der Waals surface area contributed by atoms with Crippen molar-refractivity contribution in [3.63, 3.8) is 0 Å². The molecular formula is C18H22N2O3. The van der Waals surface area contributed by atoms with E-state index in [9.17, 15) is 9.90 Å². The number of carbonyl (C=O) groups is 1. The molecule has 1 aromatic carbocycles. The number of rotatable bonds is 3. The highest BCUT2D eigenvalue weighted by molar-refractivity contribution is 5.98. The molecule has 2 N–H and O–H groups in total. The number of ether oxygens (including phenoxy) is 1. The van der Waals surface area contributed by atoms with Gasteiger partial charge in [0.2, 0.25) is 0 Å². The third-order valence-electron chi connectivity index (χ3n) is 4.49. The van der Waals surface area contributed by atoms with E-state index >= 15 is 0 Å². The SMILES string of the molecule is COc1ccc2cc(C(=O)NC3CCC(O)CC3)c(C)nc2c1. The molecule has 0 saturated heterocycles. The molecular weight excluding hydrogens is 292 g/mol. The van der Waals surface area contributed by atoms with Crippen LogP contribution in [0.5, 0.6) is 5.75 Å². The van der Waals surface area contributed by atoms with Crippen molar-refractivity contribution in [2.24, 2.45) is 0 Å². The second-order valence-electron chi connectivity index (χ2n) is 6.16. The third kappa shape index (κ3) is 3.45. The van der Waals surface area contributed by atoms with Crippen LogP contribution in [0.2, 0.25) is 0 Å². The molecule has 2 aromatic rings. The van der Waals surface area contributed by atoms with E-state index in [1.165, 1.54) is 0 Å². The van der Waals surface area contributed by atoms with E-state index in [0.717, 1.165) is 42.3 Å². The molecule has 1 aliphatic carbocycles. The number of aryl methyl sites for hydroxylation is 1. The lowest BCUT2D eigenvalue weighted by molar-refractivity contribution is 0.0867. The standard InChI is InChI=1S/C18H22N2O3/c1-11-16(18(22)20-13-4-6-14(21)7-5-13)9-12-3-8-15(23-2)10-17(12)19-11/h3,8-10,13-14,21H,4-7H2,1-2H3,(H,20,22). The van der Waals surface area contributed by atoms with Gasteiger partial charge in [0.1, 0.15) is 5.75 Å². The Bertz CT molecular complexity index is 722. The van der Waals surface area contributed by atoms with Crippen LogP contribution in [-0.2, 0) is 0 Å². The normalized spacial score (nSPS) is 21.2. The molecule has 0 radical (unpaired) electrons. The Morgan fingerprint density at radius 2 is 2.00 bits per heavy atom. The zero-order valence-electron chi connectivity index (χ0n) is 13.5. The van der Waals surface area contributed by atoms with E-state index in [0.29, 0.717) is 11.3 Å². The number of hydrogen-bond acceptors (Lipinski definition) is 4. The van der Waals surface area contributed by atoms with Crippen LogP contribution >= 0.6 is 0 Å². The van der Waals surface area contributed by atoms with E-state index in [-0.39, 0.29) is 18.1 Å². The Balaban J connectivity index is 1.81. The molecule has 23 heavy (non-hydrogen) atoms. The quantitative estimate of drug-likeness (QED) is 0.913. The Morgan fingerprint density at radius 1 is 1.26 bits per heavy atom. The topological polar surface area (TPSA) is 71.5 Å². The maximum absolute atomic E-state index is 12.5. The van der Waals surface area contributed by atoms with Crippen molar-refractivity contribution >= 4 is 16.8 Å². The van der Waals surface area contributed by atoms with Crippen molar-refractivity contribution in [2.75, 3.05) is 7.11 Å². The van der Waals surface area contributed by atoms with Crippen LogP contribution in [-0.4, -0.2) is 35.3 Å². The zero-order valence-corrected chi connectivity index (χ0v) is 13.5. The number of fused-ring (bicyclic) bond motifs is 1. The summed E-state index contributed by atoms with van der Waals surface area (Å²) < 4.78 is 5.21. The third-order valence-corrected chi connectivity index (χ3v) is 4.49. The molecule has 3 rings (SSSR count). The highest BCUT2D eigenvalue weighted by Crippen LogP contribution is 2.23. The van der Waals surface area contributed by atoms with E-state index in [1.54, 1.807) is 7.11 Å². The molecule has 5 nitrogen and oxygen atoms in total. The minimum absolute atomic E-state index is 0.0888. The molecule has 0 spiro atoms. The van der Waals surface area contributed by atoms with Crippen LogP contribution in [0.25, 0.3) is 10.9 Å². The van der Waals surface area contributed by atoms with Gasteiger partial charge in [-0.05, 0) is 50.8 Å². The first kappa shape index (κ1) is 15.7. The van der Waals surface area contributed by atoms with E-state index in [2.05, 4.69) is 10.3 Å². The predicted octanol–water partition coefficient (Wildman–Crippen LogP) is 2.59. The van der Waals surface area contributed by atoms with Crippen molar-refractivity contribution in [2.45, 2.75) is 44.8 Å². The zero-order chi connectivity index (χ0) is 16.4. The van der Waals surface area contributed by atoms with Gasteiger partial charge in [-0.25, -0.2) is 0 Å². The van der Waals surface area contributed by atoms with Gasteiger partial charge in [-0.2, -0.15) is 0 Å². The van der Waals surface area contributed by atoms with Crippen molar-refractivity contribution in [3.05, 3.63) is 35.5 Å². The number of methoxy groups -OCH3 is 1. The number of benzene rings is 1. The molecule has 0 unspecified atom stereocenters. The molecule has 122 valence electrons. The number of aliphatic hydroxyl groups is 1. The number of aliphatic hydroxyl groups excluding tert-OH is 1. The fourth-order valence-electron chi connectivity index (χ4n) is 3.08. The lowest BCUT2D eigenvalue weighted by Gasteiger charge is -2.26. The van der Waals surface area contributed by atoms with Crippen molar-refractivity contribution < 1.29 is 14.6 Å². The fraction of sp³-hybridized carbons (Fsp3) is 0.444. The number of aromatic nitrogens is 1. The monoisotopic (exact) mass is 314 g/mol. The minimum Gasteiger partial charge on any atom is -0.497 e. The smallest absolute Gasteiger partial charge is 0.253 e. The molecule has 1 aliphatic rings. The largest absolute Gasteiger partial charge is 0.497 e. The van der Waals surface area contributed by atoms with Gasteiger partial charge < -0.3 is 15.2 Å². The summed E-state index contributed by atoms with van der Waals surface area (Å²) in [5.74, 6) is 0.663. The van der Waals surface area contributed by atoms with Crippen molar-refractivity contribution in [1.29, 1.82) is 0 Å². The molecule has 0 atom stereocenters.